The lowest BCUT2D eigenvalue weighted by molar-refractivity contribution is 0.341. The van der Waals surface area contributed by atoms with Crippen molar-refractivity contribution in [2.75, 3.05) is 12.4 Å². The molecular formula is C17H14ClFN2O3S. The summed E-state index contributed by atoms with van der Waals surface area (Å²) < 4.78 is 35.4. The lowest BCUT2D eigenvalue weighted by Gasteiger charge is -2.05. The van der Waals surface area contributed by atoms with Gasteiger partial charge in [0.2, 0.25) is 11.7 Å². The molecule has 5 nitrogen and oxygen atoms in total. The fourth-order valence-corrected chi connectivity index (χ4v) is 3.09. The number of rotatable bonds is 7. The lowest BCUT2D eigenvalue weighted by atomic mass is 10.2. The van der Waals surface area contributed by atoms with Crippen LogP contribution in [-0.2, 0) is 16.6 Å². The van der Waals surface area contributed by atoms with E-state index >= 15 is 0 Å². The average molecular weight is 381 g/mol. The first-order valence-electron chi connectivity index (χ1n) is 7.42. The number of hydrogen-bond acceptors (Lipinski definition) is 5. The Labute approximate surface area is 151 Å². The summed E-state index contributed by atoms with van der Waals surface area (Å²) in [7, 11) is -1.23. The predicted molar refractivity (Wildman–Crippen MR) is 93.4 cm³/mol. The molecule has 130 valence electrons. The molecule has 1 heterocycles. The van der Waals surface area contributed by atoms with Crippen molar-refractivity contribution in [1.82, 2.24) is 10.1 Å². The molecule has 0 fully saturated rings. The Balaban J connectivity index is 1.52. The molecule has 0 unspecified atom stereocenters. The van der Waals surface area contributed by atoms with Crippen molar-refractivity contribution >= 4 is 22.4 Å². The lowest BCUT2D eigenvalue weighted by Crippen LogP contribution is -2.10. The monoisotopic (exact) mass is 380 g/mol. The molecule has 0 N–H and O–H groups in total. The molecule has 0 spiro atoms. The van der Waals surface area contributed by atoms with E-state index in [2.05, 4.69) is 10.1 Å². The maximum absolute atomic E-state index is 12.8. The van der Waals surface area contributed by atoms with Crippen molar-refractivity contribution in [3.8, 4) is 17.1 Å². The molecule has 8 heteroatoms. The Hall–Kier alpha value is -2.25. The van der Waals surface area contributed by atoms with Crippen molar-refractivity contribution in [3.63, 3.8) is 0 Å². The van der Waals surface area contributed by atoms with E-state index in [1.54, 1.807) is 12.1 Å². The van der Waals surface area contributed by atoms with Crippen LogP contribution in [0.2, 0.25) is 5.02 Å². The minimum Gasteiger partial charge on any atom is -0.493 e. The summed E-state index contributed by atoms with van der Waals surface area (Å²) in [6.07, 6.45) is 0. The minimum atomic E-state index is -1.23. The first-order chi connectivity index (χ1) is 12.1. The van der Waals surface area contributed by atoms with Crippen LogP contribution in [0.1, 0.15) is 5.89 Å². The number of aromatic nitrogens is 2. The maximum Gasteiger partial charge on any atom is 0.239 e. The highest BCUT2D eigenvalue weighted by atomic mass is 35.5. The minimum absolute atomic E-state index is 0.129. The normalized spacial score (nSPS) is 12.1. The smallest absolute Gasteiger partial charge is 0.239 e. The average Bonchev–Trinajstić information content (AvgIpc) is 3.05. The zero-order chi connectivity index (χ0) is 17.6. The van der Waals surface area contributed by atoms with E-state index in [9.17, 15) is 8.60 Å². The molecule has 0 saturated heterocycles. The van der Waals surface area contributed by atoms with Gasteiger partial charge in [0, 0.05) is 16.4 Å². The Kier molecular flexibility index (Phi) is 5.78. The van der Waals surface area contributed by atoms with E-state index in [1.165, 1.54) is 24.3 Å². The van der Waals surface area contributed by atoms with E-state index in [4.69, 9.17) is 20.9 Å². The van der Waals surface area contributed by atoms with Crippen molar-refractivity contribution in [2.45, 2.75) is 5.75 Å². The van der Waals surface area contributed by atoms with Crippen LogP contribution >= 0.6 is 11.6 Å². The Bertz CT molecular complexity index is 870. The van der Waals surface area contributed by atoms with Crippen LogP contribution in [0.25, 0.3) is 11.4 Å². The molecule has 1 atom stereocenters. The van der Waals surface area contributed by atoms with Gasteiger partial charge in [-0.15, -0.1) is 0 Å². The largest absolute Gasteiger partial charge is 0.493 e. The van der Waals surface area contributed by atoms with Crippen LogP contribution in [0.15, 0.2) is 53.1 Å². The van der Waals surface area contributed by atoms with E-state index < -0.39 is 10.8 Å². The van der Waals surface area contributed by atoms with Gasteiger partial charge in [-0.05, 0) is 36.4 Å². The molecule has 0 saturated carbocycles. The molecule has 1 aromatic heterocycles. The molecule has 0 aliphatic heterocycles. The number of halogens is 2. The van der Waals surface area contributed by atoms with Crippen LogP contribution < -0.4 is 4.74 Å². The third-order valence-corrected chi connectivity index (χ3v) is 4.78. The van der Waals surface area contributed by atoms with Gasteiger partial charge in [0.1, 0.15) is 17.3 Å². The number of benzene rings is 2. The fourth-order valence-electron chi connectivity index (χ4n) is 2.06. The second-order valence-corrected chi connectivity index (χ2v) is 7.07. The standard InChI is InChI=1S/C17H14ClFN2O3S/c18-15-4-2-1-3-14(15)17-20-16(24-21-17)11-25(22)10-9-23-13-7-5-12(19)6-8-13/h1-8H,9-11H2/t25-/m1/s1. The Morgan fingerprint density at radius 1 is 1.16 bits per heavy atom. The third kappa shape index (κ3) is 4.87. The summed E-state index contributed by atoms with van der Waals surface area (Å²) in [4.78, 5) is 4.22. The molecule has 0 amide bonds. The van der Waals surface area contributed by atoms with Gasteiger partial charge in [0.15, 0.2) is 0 Å². The van der Waals surface area contributed by atoms with Crippen molar-refractivity contribution in [1.29, 1.82) is 0 Å². The molecule has 0 radical (unpaired) electrons. The first kappa shape index (κ1) is 17.6. The molecule has 0 bridgehead atoms. The molecular weight excluding hydrogens is 367 g/mol. The summed E-state index contributed by atoms with van der Waals surface area (Å²) in [5, 5.41) is 4.38. The van der Waals surface area contributed by atoms with Crippen molar-refractivity contribution < 1.29 is 17.9 Å². The molecule has 0 aliphatic rings. The summed E-state index contributed by atoms with van der Waals surface area (Å²) >= 11 is 6.09. The van der Waals surface area contributed by atoms with Gasteiger partial charge in [-0.3, -0.25) is 4.21 Å². The number of ether oxygens (including phenoxy) is 1. The van der Waals surface area contributed by atoms with Gasteiger partial charge in [0.25, 0.3) is 0 Å². The molecule has 0 aliphatic carbocycles. The molecule has 25 heavy (non-hydrogen) atoms. The van der Waals surface area contributed by atoms with Crippen LogP contribution in [0.3, 0.4) is 0 Å². The summed E-state index contributed by atoms with van der Waals surface area (Å²) in [5.74, 6) is 1.25. The van der Waals surface area contributed by atoms with E-state index in [0.29, 0.717) is 27.9 Å². The van der Waals surface area contributed by atoms with Crippen molar-refractivity contribution in [3.05, 3.63) is 65.3 Å². The second kappa shape index (κ2) is 8.22. The quantitative estimate of drug-likeness (QED) is 0.622. The van der Waals surface area contributed by atoms with Gasteiger partial charge in [0.05, 0.1) is 17.4 Å². The van der Waals surface area contributed by atoms with Crippen molar-refractivity contribution in [2.24, 2.45) is 0 Å². The highest BCUT2D eigenvalue weighted by molar-refractivity contribution is 7.84. The third-order valence-electron chi connectivity index (χ3n) is 3.26. The zero-order valence-electron chi connectivity index (χ0n) is 13.0. The topological polar surface area (TPSA) is 65.2 Å². The van der Waals surface area contributed by atoms with Gasteiger partial charge in [-0.25, -0.2) is 4.39 Å². The summed E-state index contributed by atoms with van der Waals surface area (Å²) in [6.45, 7) is 0.240. The van der Waals surface area contributed by atoms with Crippen LogP contribution in [-0.4, -0.2) is 26.7 Å². The second-order valence-electron chi connectivity index (χ2n) is 5.08. The number of hydrogen-bond donors (Lipinski definition) is 0. The fraction of sp³-hybridized carbons (Fsp3) is 0.176. The van der Waals surface area contributed by atoms with Crippen LogP contribution in [0, 0.1) is 5.82 Å². The highest BCUT2D eigenvalue weighted by Crippen LogP contribution is 2.25. The van der Waals surface area contributed by atoms with Crippen LogP contribution in [0.5, 0.6) is 5.75 Å². The van der Waals surface area contributed by atoms with Gasteiger partial charge >= 0.3 is 0 Å². The first-order valence-corrected chi connectivity index (χ1v) is 9.29. The SMILES string of the molecule is O=[S@](CCOc1ccc(F)cc1)Cc1nc(-c2ccccc2Cl)no1. The molecule has 2 aromatic carbocycles. The van der Waals surface area contributed by atoms with Gasteiger partial charge in [-0.1, -0.05) is 28.9 Å². The molecule has 3 rings (SSSR count). The molecule has 3 aromatic rings. The maximum atomic E-state index is 12.8. The van der Waals surface area contributed by atoms with Gasteiger partial charge in [-0.2, -0.15) is 4.98 Å². The van der Waals surface area contributed by atoms with E-state index in [1.807, 2.05) is 12.1 Å². The Morgan fingerprint density at radius 3 is 2.68 bits per heavy atom. The summed E-state index contributed by atoms with van der Waals surface area (Å²) in [6, 6.07) is 12.8. The van der Waals surface area contributed by atoms with Gasteiger partial charge < -0.3 is 9.26 Å². The van der Waals surface area contributed by atoms with E-state index in [0.717, 1.165) is 0 Å². The van der Waals surface area contributed by atoms with E-state index in [-0.39, 0.29) is 24.1 Å². The van der Waals surface area contributed by atoms with Crippen LogP contribution in [0.4, 0.5) is 4.39 Å². The zero-order valence-corrected chi connectivity index (χ0v) is 14.6. The number of nitrogens with zero attached hydrogens (tertiary/aromatic N) is 2. The Morgan fingerprint density at radius 2 is 1.92 bits per heavy atom. The highest BCUT2D eigenvalue weighted by Gasteiger charge is 2.13. The summed E-state index contributed by atoms with van der Waals surface area (Å²) in [5.41, 5.74) is 0.657. The predicted octanol–water partition coefficient (Wildman–Crippen LogP) is 3.86.